The Morgan fingerprint density at radius 3 is 2.80 bits per heavy atom. The van der Waals surface area contributed by atoms with Gasteiger partial charge in [0.2, 0.25) is 5.91 Å². The van der Waals surface area contributed by atoms with Gasteiger partial charge in [-0.25, -0.2) is 0 Å². The zero-order chi connectivity index (χ0) is 14.8. The summed E-state index contributed by atoms with van der Waals surface area (Å²) in [4.78, 5) is 11.0. The lowest BCUT2D eigenvalue weighted by Crippen LogP contribution is -2.40. The summed E-state index contributed by atoms with van der Waals surface area (Å²) < 4.78 is 31.6. The number of carbonyl (C=O) groups excluding carboxylic acids is 1. The number of aromatic nitrogens is 2. The number of anilines is 1. The quantitative estimate of drug-likeness (QED) is 0.627. The van der Waals surface area contributed by atoms with Gasteiger partial charge in [-0.3, -0.25) is 9.35 Å². The lowest BCUT2D eigenvalue weighted by molar-refractivity contribution is -0.747. The molecule has 0 spiro atoms. The van der Waals surface area contributed by atoms with Crippen LogP contribution < -0.4 is 10.00 Å². The molecule has 2 rings (SSSR count). The fourth-order valence-electron chi connectivity index (χ4n) is 1.72. The van der Waals surface area contributed by atoms with Gasteiger partial charge in [0.1, 0.15) is 11.3 Å². The van der Waals surface area contributed by atoms with Crippen LogP contribution in [0, 0.1) is 0 Å². The van der Waals surface area contributed by atoms with Crippen LogP contribution in [0.25, 0.3) is 10.9 Å². The highest BCUT2D eigenvalue weighted by Gasteiger charge is 2.12. The highest BCUT2D eigenvalue weighted by Crippen LogP contribution is 2.15. The number of fused-ring (bicyclic) bond motifs is 1. The third-order valence-corrected chi connectivity index (χ3v) is 3.29. The van der Waals surface area contributed by atoms with Crippen LogP contribution in [0.4, 0.5) is 5.69 Å². The average molecular weight is 296 g/mol. The first-order chi connectivity index (χ1) is 9.33. The molecule has 2 N–H and O–H groups in total. The molecule has 2 aromatic rings. The predicted octanol–water partition coefficient (Wildman–Crippen LogP) is 0.368. The number of amides is 1. The fraction of sp³-hybridized carbons (Fsp3) is 0.250. The molecular weight excluding hydrogens is 282 g/mol. The van der Waals surface area contributed by atoms with E-state index in [0.29, 0.717) is 11.2 Å². The van der Waals surface area contributed by atoms with Crippen LogP contribution in [-0.2, 0) is 21.5 Å². The van der Waals surface area contributed by atoms with E-state index in [4.69, 9.17) is 4.55 Å². The van der Waals surface area contributed by atoms with Gasteiger partial charge in [0.15, 0.2) is 12.7 Å². The molecule has 20 heavy (non-hydrogen) atoms. The maximum absolute atomic E-state index is 11.0. The summed E-state index contributed by atoms with van der Waals surface area (Å²) >= 11 is 0. The van der Waals surface area contributed by atoms with Crippen molar-refractivity contribution in [1.29, 1.82) is 0 Å². The fourth-order valence-corrected chi connectivity index (χ4v) is 2.14. The van der Waals surface area contributed by atoms with Gasteiger partial charge >= 0.3 is 0 Å². The minimum absolute atomic E-state index is 0.0547. The number of rotatable bonds is 4. The second-order valence-corrected chi connectivity index (χ2v) is 5.89. The molecule has 8 heteroatoms. The standard InChI is InChI=1S/C12H13N3O4S/c1-9(16)13-11-3-2-10-4-5-15(14-12(10)8-11)6-7-20(17,18)19/h2-5,8H,6-7H2,1H3,(H-,13,14,16,17,18,19)/p+1. The van der Waals surface area contributed by atoms with Crippen molar-refractivity contribution in [1.82, 2.24) is 5.10 Å². The summed E-state index contributed by atoms with van der Waals surface area (Å²) in [5.41, 5.74) is 1.24. The van der Waals surface area contributed by atoms with Crippen LogP contribution in [-0.4, -0.2) is 29.7 Å². The van der Waals surface area contributed by atoms with Gasteiger partial charge < -0.3 is 5.32 Å². The maximum Gasteiger partial charge on any atom is 0.271 e. The first-order valence-electron chi connectivity index (χ1n) is 5.87. The molecule has 1 amide bonds. The Morgan fingerprint density at radius 2 is 2.15 bits per heavy atom. The Morgan fingerprint density at radius 1 is 1.40 bits per heavy atom. The molecule has 0 atom stereocenters. The topological polar surface area (TPSA) is 100 Å². The Labute approximate surface area is 116 Å². The second-order valence-electron chi connectivity index (χ2n) is 4.32. The summed E-state index contributed by atoms with van der Waals surface area (Å²) in [6.45, 7) is 1.47. The largest absolute Gasteiger partial charge is 0.326 e. The van der Waals surface area contributed by atoms with Gasteiger partial charge in [0.25, 0.3) is 10.1 Å². The van der Waals surface area contributed by atoms with E-state index in [9.17, 15) is 13.2 Å². The molecule has 1 aromatic carbocycles. The van der Waals surface area contributed by atoms with Crippen LogP contribution >= 0.6 is 0 Å². The molecule has 0 saturated carbocycles. The number of hydrogen-bond acceptors (Lipinski definition) is 4. The van der Waals surface area contributed by atoms with E-state index in [1.54, 1.807) is 30.5 Å². The van der Waals surface area contributed by atoms with Gasteiger partial charge in [-0.2, -0.15) is 8.42 Å². The predicted molar refractivity (Wildman–Crippen MR) is 72.7 cm³/mol. The first kappa shape index (κ1) is 14.4. The van der Waals surface area contributed by atoms with Crippen LogP contribution in [0.2, 0.25) is 0 Å². The summed E-state index contributed by atoms with van der Waals surface area (Å²) in [5.74, 6) is -0.582. The highest BCUT2D eigenvalue weighted by molar-refractivity contribution is 7.85. The minimum atomic E-state index is -4.02. The molecule has 106 valence electrons. The molecule has 0 saturated heterocycles. The van der Waals surface area contributed by atoms with E-state index >= 15 is 0 Å². The summed E-state index contributed by atoms with van der Waals surface area (Å²) in [5, 5.41) is 7.75. The molecule has 0 aliphatic heterocycles. The summed E-state index contributed by atoms with van der Waals surface area (Å²) in [6, 6.07) is 7.04. The van der Waals surface area contributed by atoms with Crippen LogP contribution in [0.5, 0.6) is 0 Å². The van der Waals surface area contributed by atoms with Crippen molar-refractivity contribution < 1.29 is 22.4 Å². The molecule has 0 radical (unpaired) electrons. The Bertz CT molecular complexity index is 758. The zero-order valence-electron chi connectivity index (χ0n) is 10.8. The molecule has 0 fully saturated rings. The molecule has 0 aliphatic carbocycles. The third kappa shape index (κ3) is 3.97. The van der Waals surface area contributed by atoms with Crippen molar-refractivity contribution in [2.45, 2.75) is 13.5 Å². The van der Waals surface area contributed by atoms with Crippen LogP contribution in [0.1, 0.15) is 6.92 Å². The van der Waals surface area contributed by atoms with E-state index in [1.165, 1.54) is 11.6 Å². The molecule has 7 nitrogen and oxygen atoms in total. The van der Waals surface area contributed by atoms with Crippen molar-refractivity contribution >= 4 is 32.6 Å². The lowest BCUT2D eigenvalue weighted by atomic mass is 10.2. The summed E-state index contributed by atoms with van der Waals surface area (Å²) in [6.07, 6.45) is 1.63. The third-order valence-electron chi connectivity index (χ3n) is 2.59. The molecule has 0 unspecified atom stereocenters. The van der Waals surface area contributed by atoms with Crippen LogP contribution in [0.3, 0.4) is 0 Å². The smallest absolute Gasteiger partial charge is 0.271 e. The average Bonchev–Trinajstić information content (AvgIpc) is 2.34. The molecule has 0 bridgehead atoms. The molecule has 1 heterocycles. The van der Waals surface area contributed by atoms with Crippen molar-refractivity contribution in [3.63, 3.8) is 0 Å². The van der Waals surface area contributed by atoms with Gasteiger partial charge in [0.05, 0.1) is 0 Å². The van der Waals surface area contributed by atoms with E-state index in [2.05, 4.69) is 10.4 Å². The Kier molecular flexibility index (Phi) is 3.96. The summed E-state index contributed by atoms with van der Waals surface area (Å²) in [7, 11) is -4.02. The minimum Gasteiger partial charge on any atom is -0.326 e. The number of benzene rings is 1. The van der Waals surface area contributed by atoms with Crippen molar-refractivity contribution in [3.8, 4) is 0 Å². The van der Waals surface area contributed by atoms with Gasteiger partial charge in [-0.05, 0) is 12.1 Å². The normalized spacial score (nSPS) is 11.5. The van der Waals surface area contributed by atoms with Gasteiger partial charge in [0, 0.05) is 29.2 Å². The number of carbonyl (C=O) groups is 1. The van der Waals surface area contributed by atoms with Crippen molar-refractivity contribution in [3.05, 3.63) is 30.5 Å². The SMILES string of the molecule is CC(=O)Nc1ccc2cc[n+](CCS(=O)(=O)O)nc2c1. The zero-order valence-corrected chi connectivity index (χ0v) is 11.6. The second kappa shape index (κ2) is 5.51. The van der Waals surface area contributed by atoms with Crippen molar-refractivity contribution in [2.24, 2.45) is 0 Å². The van der Waals surface area contributed by atoms with Crippen molar-refractivity contribution in [2.75, 3.05) is 11.1 Å². The van der Waals surface area contributed by atoms with E-state index in [1.807, 2.05) is 0 Å². The Balaban J connectivity index is 2.29. The Hall–Kier alpha value is -2.06. The van der Waals surface area contributed by atoms with Gasteiger partial charge in [-0.15, -0.1) is 0 Å². The van der Waals surface area contributed by atoms with Gasteiger partial charge in [-0.1, -0.05) is 10.7 Å². The first-order valence-corrected chi connectivity index (χ1v) is 7.48. The van der Waals surface area contributed by atoms with E-state index < -0.39 is 15.9 Å². The number of aryl methyl sites for hydroxylation is 1. The monoisotopic (exact) mass is 296 g/mol. The van der Waals surface area contributed by atoms with E-state index in [0.717, 1.165) is 5.39 Å². The number of hydrogen-bond donors (Lipinski definition) is 2. The highest BCUT2D eigenvalue weighted by atomic mass is 32.2. The van der Waals surface area contributed by atoms with Crippen LogP contribution in [0.15, 0.2) is 30.5 Å². The molecule has 0 aliphatic rings. The molecular formula is C12H14N3O4S+. The molecule has 1 aromatic heterocycles. The maximum atomic E-state index is 11.0. The number of nitrogens with one attached hydrogen (secondary N) is 1. The van der Waals surface area contributed by atoms with E-state index in [-0.39, 0.29) is 12.5 Å². The number of nitrogens with zero attached hydrogens (tertiary/aromatic N) is 2. The lowest BCUT2D eigenvalue weighted by Gasteiger charge is -2.02.